The van der Waals surface area contributed by atoms with E-state index in [9.17, 15) is 4.79 Å². The normalized spacial score (nSPS) is 10.0. The second-order valence-electron chi connectivity index (χ2n) is 4.17. The molecule has 0 fully saturated rings. The van der Waals surface area contributed by atoms with Crippen molar-refractivity contribution in [1.29, 1.82) is 0 Å². The van der Waals surface area contributed by atoms with Crippen molar-refractivity contribution < 1.29 is 4.79 Å². The molecule has 0 bridgehead atoms. The van der Waals surface area contributed by atoms with Gasteiger partial charge in [-0.1, -0.05) is 30.3 Å². The van der Waals surface area contributed by atoms with E-state index in [2.05, 4.69) is 26.6 Å². The maximum absolute atomic E-state index is 11.2. The molecule has 0 saturated carbocycles. The minimum absolute atomic E-state index is 0.0617. The van der Waals surface area contributed by atoms with Crippen molar-refractivity contribution in [1.82, 2.24) is 0 Å². The van der Waals surface area contributed by atoms with Crippen LogP contribution in [-0.2, 0) is 11.3 Å². The minimum Gasteiger partial charge on any atom is -0.380 e. The molecule has 3 nitrogen and oxygen atoms in total. The van der Waals surface area contributed by atoms with E-state index >= 15 is 0 Å². The number of amides is 1. The molecule has 19 heavy (non-hydrogen) atoms. The first-order valence-corrected chi connectivity index (χ1v) is 6.80. The lowest BCUT2D eigenvalue weighted by molar-refractivity contribution is -0.114. The third kappa shape index (κ3) is 3.83. The van der Waals surface area contributed by atoms with Gasteiger partial charge in [-0.25, -0.2) is 0 Å². The number of carbonyl (C=O) groups excluding carboxylic acids is 1. The van der Waals surface area contributed by atoms with Crippen LogP contribution in [0.4, 0.5) is 11.4 Å². The molecule has 0 saturated heterocycles. The number of carbonyl (C=O) groups is 1. The number of halogens is 1. The lowest BCUT2D eigenvalue weighted by atomic mass is 10.1. The number of rotatable bonds is 4. The average Bonchev–Trinajstić information content (AvgIpc) is 2.39. The van der Waals surface area contributed by atoms with E-state index in [0.29, 0.717) is 6.54 Å². The molecule has 98 valence electrons. The maximum atomic E-state index is 11.2. The molecule has 0 atom stereocenters. The quantitative estimate of drug-likeness (QED) is 0.894. The highest BCUT2D eigenvalue weighted by atomic mass is 79.9. The number of anilines is 2. The van der Waals surface area contributed by atoms with Gasteiger partial charge in [-0.3, -0.25) is 4.79 Å². The van der Waals surface area contributed by atoms with Crippen LogP contribution >= 0.6 is 15.9 Å². The number of benzene rings is 2. The molecular weight excluding hydrogens is 304 g/mol. The molecule has 0 aliphatic heterocycles. The fourth-order valence-corrected chi connectivity index (χ4v) is 2.21. The molecule has 1 amide bonds. The van der Waals surface area contributed by atoms with Crippen molar-refractivity contribution in [2.45, 2.75) is 13.5 Å². The molecule has 0 radical (unpaired) electrons. The van der Waals surface area contributed by atoms with Gasteiger partial charge in [0.1, 0.15) is 0 Å². The van der Waals surface area contributed by atoms with Crippen molar-refractivity contribution >= 4 is 33.2 Å². The summed E-state index contributed by atoms with van der Waals surface area (Å²) in [7, 11) is 0. The predicted molar refractivity (Wildman–Crippen MR) is 82.2 cm³/mol. The molecule has 0 aliphatic carbocycles. The lowest BCUT2D eigenvalue weighted by Crippen LogP contribution is -2.10. The zero-order valence-electron chi connectivity index (χ0n) is 10.6. The number of hydrogen-bond acceptors (Lipinski definition) is 2. The Balaban J connectivity index is 2.11. The first-order valence-electron chi connectivity index (χ1n) is 6.00. The molecule has 2 rings (SSSR count). The summed E-state index contributed by atoms with van der Waals surface area (Å²) in [6.45, 7) is 2.16. The zero-order valence-corrected chi connectivity index (χ0v) is 12.2. The van der Waals surface area contributed by atoms with Gasteiger partial charge in [0.15, 0.2) is 0 Å². The Morgan fingerprint density at radius 2 is 1.68 bits per heavy atom. The Bertz CT molecular complexity index is 584. The van der Waals surface area contributed by atoms with Gasteiger partial charge in [-0.15, -0.1) is 0 Å². The van der Waals surface area contributed by atoms with Gasteiger partial charge in [0.05, 0.1) is 0 Å². The highest BCUT2D eigenvalue weighted by molar-refractivity contribution is 9.10. The highest BCUT2D eigenvalue weighted by Gasteiger charge is 2.04. The summed E-state index contributed by atoms with van der Waals surface area (Å²) in [5.41, 5.74) is 2.92. The van der Waals surface area contributed by atoms with E-state index in [1.807, 2.05) is 48.5 Å². The summed E-state index contributed by atoms with van der Waals surface area (Å²) in [5, 5.41) is 6.18. The topological polar surface area (TPSA) is 41.1 Å². The van der Waals surface area contributed by atoms with Crippen molar-refractivity contribution in [3.63, 3.8) is 0 Å². The van der Waals surface area contributed by atoms with Gasteiger partial charge in [0.2, 0.25) is 5.91 Å². The molecule has 2 aromatic carbocycles. The van der Waals surface area contributed by atoms with Crippen LogP contribution in [0.3, 0.4) is 0 Å². The average molecular weight is 319 g/mol. The Labute approximate surface area is 121 Å². The van der Waals surface area contributed by atoms with Gasteiger partial charge in [0.25, 0.3) is 0 Å². The number of para-hydroxylation sites is 2. The van der Waals surface area contributed by atoms with Crippen molar-refractivity contribution in [3.8, 4) is 0 Å². The second-order valence-corrected chi connectivity index (χ2v) is 5.03. The van der Waals surface area contributed by atoms with Crippen LogP contribution in [0.1, 0.15) is 12.5 Å². The van der Waals surface area contributed by atoms with E-state index < -0.39 is 0 Å². The van der Waals surface area contributed by atoms with Crippen molar-refractivity contribution in [3.05, 3.63) is 58.6 Å². The third-order valence-corrected chi connectivity index (χ3v) is 3.36. The standard InChI is InChI=1S/C15H15BrN2O/c1-11(19)18-14-8-4-2-6-12(14)10-17-15-9-5-3-7-13(15)16/h2-9,17H,10H2,1H3,(H,18,19). The van der Waals surface area contributed by atoms with E-state index in [-0.39, 0.29) is 5.91 Å². The van der Waals surface area contributed by atoms with Crippen LogP contribution < -0.4 is 10.6 Å². The molecule has 0 spiro atoms. The Hall–Kier alpha value is -1.81. The summed E-state index contributed by atoms with van der Waals surface area (Å²) < 4.78 is 1.02. The van der Waals surface area contributed by atoms with Gasteiger partial charge >= 0.3 is 0 Å². The largest absolute Gasteiger partial charge is 0.380 e. The summed E-state index contributed by atoms with van der Waals surface area (Å²) in [4.78, 5) is 11.2. The summed E-state index contributed by atoms with van der Waals surface area (Å²) in [5.74, 6) is -0.0617. The van der Waals surface area contributed by atoms with Crippen molar-refractivity contribution in [2.75, 3.05) is 10.6 Å². The highest BCUT2D eigenvalue weighted by Crippen LogP contribution is 2.23. The number of hydrogen-bond donors (Lipinski definition) is 2. The maximum Gasteiger partial charge on any atom is 0.221 e. The molecule has 0 aromatic heterocycles. The van der Waals surface area contributed by atoms with Crippen LogP contribution in [0.15, 0.2) is 53.0 Å². The first kappa shape index (κ1) is 13.6. The monoisotopic (exact) mass is 318 g/mol. The van der Waals surface area contributed by atoms with Crippen LogP contribution in [-0.4, -0.2) is 5.91 Å². The molecule has 2 N–H and O–H groups in total. The minimum atomic E-state index is -0.0617. The van der Waals surface area contributed by atoms with Crippen LogP contribution in [0.2, 0.25) is 0 Å². The van der Waals surface area contributed by atoms with Crippen molar-refractivity contribution in [2.24, 2.45) is 0 Å². The van der Waals surface area contributed by atoms with Gasteiger partial charge in [-0.05, 0) is 39.7 Å². The molecule has 0 heterocycles. The molecule has 2 aromatic rings. The van der Waals surface area contributed by atoms with Crippen LogP contribution in [0, 0.1) is 0 Å². The van der Waals surface area contributed by atoms with Gasteiger partial charge < -0.3 is 10.6 Å². The fourth-order valence-electron chi connectivity index (χ4n) is 1.78. The second kappa shape index (κ2) is 6.38. The lowest BCUT2D eigenvalue weighted by Gasteiger charge is -2.12. The Morgan fingerprint density at radius 3 is 2.37 bits per heavy atom. The molecule has 0 unspecified atom stereocenters. The van der Waals surface area contributed by atoms with Crippen LogP contribution in [0.25, 0.3) is 0 Å². The predicted octanol–water partition coefficient (Wildman–Crippen LogP) is 4.02. The Morgan fingerprint density at radius 1 is 1.05 bits per heavy atom. The van der Waals surface area contributed by atoms with Gasteiger partial charge in [0, 0.05) is 29.3 Å². The third-order valence-electron chi connectivity index (χ3n) is 2.67. The van der Waals surface area contributed by atoms with Gasteiger partial charge in [-0.2, -0.15) is 0 Å². The molecule has 0 aliphatic rings. The summed E-state index contributed by atoms with van der Waals surface area (Å²) in [6.07, 6.45) is 0. The summed E-state index contributed by atoms with van der Waals surface area (Å²) in [6, 6.07) is 15.7. The van der Waals surface area contributed by atoms with E-state index in [1.165, 1.54) is 6.92 Å². The van der Waals surface area contributed by atoms with E-state index in [4.69, 9.17) is 0 Å². The SMILES string of the molecule is CC(=O)Nc1ccccc1CNc1ccccc1Br. The number of nitrogens with one attached hydrogen (secondary N) is 2. The summed E-state index contributed by atoms with van der Waals surface area (Å²) >= 11 is 3.50. The van der Waals surface area contributed by atoms with Crippen LogP contribution in [0.5, 0.6) is 0 Å². The smallest absolute Gasteiger partial charge is 0.221 e. The van der Waals surface area contributed by atoms with E-state index in [0.717, 1.165) is 21.4 Å². The molecular formula is C15H15BrN2O. The fraction of sp³-hybridized carbons (Fsp3) is 0.133. The Kier molecular flexibility index (Phi) is 4.58. The first-order chi connectivity index (χ1) is 9.16. The molecule has 4 heteroatoms. The van der Waals surface area contributed by atoms with E-state index in [1.54, 1.807) is 0 Å². The zero-order chi connectivity index (χ0) is 13.7.